The molecule has 0 heterocycles. The summed E-state index contributed by atoms with van der Waals surface area (Å²) in [4.78, 5) is 0. The Hall–Kier alpha value is -1.58. The number of methoxy groups -OCH3 is 1. The van der Waals surface area contributed by atoms with Gasteiger partial charge in [0.15, 0.2) is 0 Å². The molecule has 2 aromatic rings. The minimum atomic E-state index is -0.0480. The van der Waals surface area contributed by atoms with Gasteiger partial charge in [-0.3, -0.25) is 0 Å². The number of hydrogen-bond donors (Lipinski definition) is 2. The van der Waals surface area contributed by atoms with Crippen molar-refractivity contribution in [3.8, 4) is 5.75 Å². The van der Waals surface area contributed by atoms with Crippen molar-refractivity contribution in [1.29, 1.82) is 0 Å². The number of fused-ring (bicyclic) bond motifs is 1. The van der Waals surface area contributed by atoms with Crippen LogP contribution >= 0.6 is 0 Å². The van der Waals surface area contributed by atoms with Gasteiger partial charge in [-0.1, -0.05) is 44.2 Å². The Morgan fingerprint density at radius 1 is 1.10 bits per heavy atom. The van der Waals surface area contributed by atoms with Crippen LogP contribution in [0.25, 0.3) is 10.8 Å². The summed E-state index contributed by atoms with van der Waals surface area (Å²) in [6, 6.07) is 12.1. The van der Waals surface area contributed by atoms with E-state index in [2.05, 4.69) is 31.3 Å². The maximum atomic E-state index is 9.68. The summed E-state index contributed by atoms with van der Waals surface area (Å²) in [5.74, 6) is 1.42. The Balaban J connectivity index is 2.42. The van der Waals surface area contributed by atoms with Gasteiger partial charge in [-0.25, -0.2) is 0 Å². The average molecular weight is 273 g/mol. The Labute approximate surface area is 120 Å². The van der Waals surface area contributed by atoms with E-state index in [-0.39, 0.29) is 12.6 Å². The van der Waals surface area contributed by atoms with Gasteiger partial charge >= 0.3 is 0 Å². The standard InChI is InChI=1S/C17H23NO2/c1-12(2)10-18-16(11-19)14-8-9-17(20-3)15-7-5-4-6-13(14)15/h4-9,12,16,18-19H,10-11H2,1-3H3. The molecule has 0 bridgehead atoms. The first-order valence-electron chi connectivity index (χ1n) is 7.07. The lowest BCUT2D eigenvalue weighted by molar-refractivity contribution is 0.241. The summed E-state index contributed by atoms with van der Waals surface area (Å²) in [6.45, 7) is 5.29. The van der Waals surface area contributed by atoms with Crippen molar-refractivity contribution in [2.45, 2.75) is 19.9 Å². The summed E-state index contributed by atoms with van der Waals surface area (Å²) in [6.07, 6.45) is 0. The van der Waals surface area contributed by atoms with E-state index in [0.29, 0.717) is 5.92 Å². The van der Waals surface area contributed by atoms with Gasteiger partial charge in [-0.05, 0) is 29.5 Å². The van der Waals surface area contributed by atoms with Crippen molar-refractivity contribution in [3.05, 3.63) is 42.0 Å². The SMILES string of the molecule is COc1ccc(C(CO)NCC(C)C)c2ccccc12. The van der Waals surface area contributed by atoms with Crippen LogP contribution in [0.1, 0.15) is 25.5 Å². The molecular formula is C17H23NO2. The molecule has 0 saturated heterocycles. The molecule has 3 heteroatoms. The molecule has 1 atom stereocenters. The third kappa shape index (κ3) is 3.11. The Morgan fingerprint density at radius 3 is 2.40 bits per heavy atom. The third-order valence-corrected chi connectivity index (χ3v) is 3.47. The highest BCUT2D eigenvalue weighted by atomic mass is 16.5. The second-order valence-electron chi connectivity index (χ2n) is 5.44. The van der Waals surface area contributed by atoms with E-state index in [1.807, 2.05) is 24.3 Å². The fourth-order valence-corrected chi connectivity index (χ4v) is 2.43. The molecule has 2 rings (SSSR count). The lowest BCUT2D eigenvalue weighted by Gasteiger charge is -2.20. The lowest BCUT2D eigenvalue weighted by atomic mass is 9.98. The summed E-state index contributed by atoms with van der Waals surface area (Å²) in [7, 11) is 1.68. The van der Waals surface area contributed by atoms with Crippen molar-refractivity contribution < 1.29 is 9.84 Å². The number of rotatable bonds is 6. The molecule has 3 nitrogen and oxygen atoms in total. The highest BCUT2D eigenvalue weighted by molar-refractivity contribution is 5.91. The molecule has 0 aliphatic carbocycles. The first-order valence-corrected chi connectivity index (χ1v) is 7.07. The van der Waals surface area contributed by atoms with E-state index >= 15 is 0 Å². The quantitative estimate of drug-likeness (QED) is 0.849. The molecule has 0 aliphatic rings. The van der Waals surface area contributed by atoms with Crippen LogP contribution in [0.3, 0.4) is 0 Å². The van der Waals surface area contributed by atoms with Crippen molar-refractivity contribution in [2.75, 3.05) is 20.3 Å². The molecule has 108 valence electrons. The van der Waals surface area contributed by atoms with Gasteiger partial charge in [-0.15, -0.1) is 0 Å². The number of benzene rings is 2. The predicted octanol–water partition coefficient (Wildman–Crippen LogP) is 3.13. The Bertz CT molecular complexity index is 566. The normalized spacial score (nSPS) is 12.8. The molecule has 0 radical (unpaired) electrons. The number of ether oxygens (including phenoxy) is 1. The molecule has 20 heavy (non-hydrogen) atoms. The van der Waals surface area contributed by atoms with E-state index in [4.69, 9.17) is 4.74 Å². The molecule has 2 aromatic carbocycles. The largest absolute Gasteiger partial charge is 0.496 e. The van der Waals surface area contributed by atoms with E-state index < -0.39 is 0 Å². The van der Waals surface area contributed by atoms with Crippen LogP contribution in [0.15, 0.2) is 36.4 Å². The van der Waals surface area contributed by atoms with Crippen molar-refractivity contribution >= 4 is 10.8 Å². The zero-order valence-corrected chi connectivity index (χ0v) is 12.4. The van der Waals surface area contributed by atoms with E-state index in [9.17, 15) is 5.11 Å². The number of nitrogens with one attached hydrogen (secondary N) is 1. The van der Waals surface area contributed by atoms with Crippen LogP contribution in [0.5, 0.6) is 5.75 Å². The van der Waals surface area contributed by atoms with Crippen molar-refractivity contribution in [2.24, 2.45) is 5.92 Å². The van der Waals surface area contributed by atoms with Crippen LogP contribution in [0, 0.1) is 5.92 Å². The van der Waals surface area contributed by atoms with Crippen LogP contribution < -0.4 is 10.1 Å². The molecule has 0 amide bonds. The van der Waals surface area contributed by atoms with Gasteiger partial charge in [0.1, 0.15) is 5.75 Å². The fraction of sp³-hybridized carbons (Fsp3) is 0.412. The van der Waals surface area contributed by atoms with E-state index in [1.165, 1.54) is 0 Å². The van der Waals surface area contributed by atoms with Gasteiger partial charge in [0.2, 0.25) is 0 Å². The summed E-state index contributed by atoms with van der Waals surface area (Å²) < 4.78 is 5.41. The average Bonchev–Trinajstić information content (AvgIpc) is 2.47. The maximum absolute atomic E-state index is 9.68. The van der Waals surface area contributed by atoms with Gasteiger partial charge in [0, 0.05) is 5.39 Å². The van der Waals surface area contributed by atoms with Crippen molar-refractivity contribution in [1.82, 2.24) is 5.32 Å². The minimum Gasteiger partial charge on any atom is -0.496 e. The fourth-order valence-electron chi connectivity index (χ4n) is 2.43. The van der Waals surface area contributed by atoms with Crippen LogP contribution in [-0.2, 0) is 0 Å². The molecule has 0 aromatic heterocycles. The van der Waals surface area contributed by atoms with Gasteiger partial charge in [-0.2, -0.15) is 0 Å². The van der Waals surface area contributed by atoms with Crippen LogP contribution in [0.2, 0.25) is 0 Å². The van der Waals surface area contributed by atoms with E-state index in [1.54, 1.807) is 7.11 Å². The lowest BCUT2D eigenvalue weighted by Crippen LogP contribution is -2.28. The minimum absolute atomic E-state index is 0.0480. The first-order chi connectivity index (χ1) is 9.67. The zero-order valence-electron chi connectivity index (χ0n) is 12.4. The number of aliphatic hydroxyl groups excluding tert-OH is 1. The molecule has 0 saturated carbocycles. The molecule has 2 N–H and O–H groups in total. The first kappa shape index (κ1) is 14.8. The summed E-state index contributed by atoms with van der Waals surface area (Å²) in [5, 5.41) is 15.3. The molecule has 0 aliphatic heterocycles. The van der Waals surface area contributed by atoms with Gasteiger partial charge in [0.05, 0.1) is 19.8 Å². The maximum Gasteiger partial charge on any atom is 0.126 e. The highest BCUT2D eigenvalue weighted by Gasteiger charge is 2.15. The van der Waals surface area contributed by atoms with Crippen LogP contribution in [-0.4, -0.2) is 25.4 Å². The van der Waals surface area contributed by atoms with Crippen molar-refractivity contribution in [3.63, 3.8) is 0 Å². The Kier molecular flexibility index (Phi) is 4.99. The smallest absolute Gasteiger partial charge is 0.126 e. The van der Waals surface area contributed by atoms with Gasteiger partial charge < -0.3 is 15.2 Å². The zero-order chi connectivity index (χ0) is 14.5. The molecule has 0 spiro atoms. The molecule has 1 unspecified atom stereocenters. The van der Waals surface area contributed by atoms with Crippen LogP contribution in [0.4, 0.5) is 0 Å². The van der Waals surface area contributed by atoms with E-state index in [0.717, 1.165) is 28.6 Å². The predicted molar refractivity (Wildman–Crippen MR) is 83.2 cm³/mol. The monoisotopic (exact) mass is 273 g/mol. The third-order valence-electron chi connectivity index (χ3n) is 3.47. The second kappa shape index (κ2) is 6.73. The molecule has 0 fully saturated rings. The topological polar surface area (TPSA) is 41.5 Å². The summed E-state index contributed by atoms with van der Waals surface area (Å²) in [5.41, 5.74) is 1.12. The Morgan fingerprint density at radius 2 is 1.80 bits per heavy atom. The molecular weight excluding hydrogens is 250 g/mol. The van der Waals surface area contributed by atoms with Gasteiger partial charge in [0.25, 0.3) is 0 Å². The highest BCUT2D eigenvalue weighted by Crippen LogP contribution is 2.31. The number of aliphatic hydroxyl groups is 1. The summed E-state index contributed by atoms with van der Waals surface area (Å²) >= 11 is 0. The second-order valence-corrected chi connectivity index (χ2v) is 5.44. The number of hydrogen-bond acceptors (Lipinski definition) is 3.